The standard InChI is InChI=1S/C17H19NO4/c1-10-7-13-14(9-22-15(13)8-11(10)2)16(19)18-5-3-12(4-6-18)17(20)21/h7-9,12H,3-6H2,1-2H3,(H,20,21). The van der Waals surface area contributed by atoms with Crippen molar-refractivity contribution in [3.63, 3.8) is 0 Å². The predicted molar refractivity (Wildman–Crippen MR) is 82.0 cm³/mol. The fourth-order valence-corrected chi connectivity index (χ4v) is 2.95. The molecule has 1 aromatic carbocycles. The fourth-order valence-electron chi connectivity index (χ4n) is 2.95. The van der Waals surface area contributed by atoms with Crippen molar-refractivity contribution in [1.29, 1.82) is 0 Å². The minimum atomic E-state index is -0.771. The van der Waals surface area contributed by atoms with Gasteiger partial charge in [0.1, 0.15) is 11.8 Å². The number of carboxylic acid groups (broad SMARTS) is 1. The van der Waals surface area contributed by atoms with Crippen molar-refractivity contribution in [2.75, 3.05) is 13.1 Å². The molecule has 0 spiro atoms. The van der Waals surface area contributed by atoms with Gasteiger partial charge in [0.25, 0.3) is 5.91 Å². The molecule has 1 saturated heterocycles. The lowest BCUT2D eigenvalue weighted by molar-refractivity contribution is -0.143. The van der Waals surface area contributed by atoms with E-state index in [1.54, 1.807) is 4.90 Å². The van der Waals surface area contributed by atoms with Gasteiger partial charge in [-0.25, -0.2) is 0 Å². The molecule has 0 aliphatic carbocycles. The zero-order valence-electron chi connectivity index (χ0n) is 12.8. The third-order valence-electron chi connectivity index (χ3n) is 4.55. The first-order valence-corrected chi connectivity index (χ1v) is 7.48. The number of hydrogen-bond acceptors (Lipinski definition) is 3. The zero-order chi connectivity index (χ0) is 15.9. The lowest BCUT2D eigenvalue weighted by Gasteiger charge is -2.29. The van der Waals surface area contributed by atoms with Gasteiger partial charge in [0, 0.05) is 18.5 Å². The maximum atomic E-state index is 12.7. The number of aliphatic carboxylic acids is 1. The van der Waals surface area contributed by atoms with Crippen LogP contribution in [0.15, 0.2) is 22.8 Å². The lowest BCUT2D eigenvalue weighted by Crippen LogP contribution is -2.40. The molecule has 0 bridgehead atoms. The molecule has 1 aliphatic rings. The Morgan fingerprint density at radius 1 is 1.18 bits per heavy atom. The van der Waals surface area contributed by atoms with Gasteiger partial charge in [-0.15, -0.1) is 0 Å². The molecule has 116 valence electrons. The van der Waals surface area contributed by atoms with Gasteiger partial charge in [-0.1, -0.05) is 0 Å². The summed E-state index contributed by atoms with van der Waals surface area (Å²) in [5.41, 5.74) is 3.52. The Balaban J connectivity index is 1.84. The normalized spacial score (nSPS) is 16.2. The van der Waals surface area contributed by atoms with Crippen molar-refractivity contribution in [3.8, 4) is 0 Å². The maximum Gasteiger partial charge on any atom is 0.306 e. The largest absolute Gasteiger partial charge is 0.481 e. The first-order chi connectivity index (χ1) is 10.5. The van der Waals surface area contributed by atoms with Crippen molar-refractivity contribution >= 4 is 22.8 Å². The summed E-state index contributed by atoms with van der Waals surface area (Å²) < 4.78 is 5.51. The molecule has 1 aromatic heterocycles. The number of nitrogens with zero attached hydrogens (tertiary/aromatic N) is 1. The summed E-state index contributed by atoms with van der Waals surface area (Å²) in [6, 6.07) is 3.92. The molecule has 2 heterocycles. The fraction of sp³-hybridized carbons (Fsp3) is 0.412. The van der Waals surface area contributed by atoms with E-state index >= 15 is 0 Å². The second-order valence-electron chi connectivity index (χ2n) is 5.99. The van der Waals surface area contributed by atoms with Crippen LogP contribution in [0.2, 0.25) is 0 Å². The van der Waals surface area contributed by atoms with E-state index in [1.165, 1.54) is 6.26 Å². The highest BCUT2D eigenvalue weighted by Gasteiger charge is 2.28. The van der Waals surface area contributed by atoms with Crippen molar-refractivity contribution in [2.45, 2.75) is 26.7 Å². The van der Waals surface area contributed by atoms with Crippen LogP contribution in [-0.4, -0.2) is 35.0 Å². The molecule has 5 heteroatoms. The monoisotopic (exact) mass is 301 g/mol. The van der Waals surface area contributed by atoms with Gasteiger partial charge in [0.05, 0.1) is 11.5 Å². The summed E-state index contributed by atoms with van der Waals surface area (Å²) in [6.45, 7) is 4.98. The Hall–Kier alpha value is -2.30. The third-order valence-corrected chi connectivity index (χ3v) is 4.55. The summed E-state index contributed by atoms with van der Waals surface area (Å²) in [6.07, 6.45) is 2.53. The summed E-state index contributed by atoms with van der Waals surface area (Å²) in [4.78, 5) is 25.4. The quantitative estimate of drug-likeness (QED) is 0.925. The van der Waals surface area contributed by atoms with E-state index in [0.717, 1.165) is 16.5 Å². The van der Waals surface area contributed by atoms with Crippen molar-refractivity contribution in [2.24, 2.45) is 5.92 Å². The van der Waals surface area contributed by atoms with Crippen molar-refractivity contribution in [1.82, 2.24) is 4.90 Å². The van der Waals surface area contributed by atoms with Crippen LogP contribution in [0.3, 0.4) is 0 Å². The smallest absolute Gasteiger partial charge is 0.306 e. The van der Waals surface area contributed by atoms with Crippen LogP contribution in [0.5, 0.6) is 0 Å². The Bertz CT molecular complexity index is 738. The van der Waals surface area contributed by atoms with Crippen LogP contribution in [0.1, 0.15) is 34.3 Å². The van der Waals surface area contributed by atoms with Crippen molar-refractivity contribution in [3.05, 3.63) is 35.1 Å². The molecule has 22 heavy (non-hydrogen) atoms. The van der Waals surface area contributed by atoms with Gasteiger partial charge in [-0.05, 0) is 49.9 Å². The summed E-state index contributed by atoms with van der Waals surface area (Å²) in [5.74, 6) is -1.19. The van der Waals surface area contributed by atoms with Crippen LogP contribution in [0, 0.1) is 19.8 Å². The Labute approximate surface area is 128 Å². The van der Waals surface area contributed by atoms with Crippen LogP contribution in [0.25, 0.3) is 11.0 Å². The van der Waals surface area contributed by atoms with Gasteiger partial charge in [0.15, 0.2) is 0 Å². The number of aryl methyl sites for hydroxylation is 2. The van der Waals surface area contributed by atoms with E-state index < -0.39 is 5.97 Å². The highest BCUT2D eigenvalue weighted by Crippen LogP contribution is 2.27. The number of piperidine rings is 1. The van der Waals surface area contributed by atoms with Gasteiger partial charge < -0.3 is 14.4 Å². The first kappa shape index (κ1) is 14.6. The molecule has 0 atom stereocenters. The number of benzene rings is 1. The molecule has 0 unspecified atom stereocenters. The molecular weight excluding hydrogens is 282 g/mol. The predicted octanol–water partition coefficient (Wildman–Crippen LogP) is 2.99. The lowest BCUT2D eigenvalue weighted by atomic mass is 9.96. The van der Waals surface area contributed by atoms with Gasteiger partial charge in [-0.3, -0.25) is 9.59 Å². The van der Waals surface area contributed by atoms with E-state index in [0.29, 0.717) is 37.1 Å². The number of rotatable bonds is 2. The second-order valence-corrected chi connectivity index (χ2v) is 5.99. The molecule has 0 saturated carbocycles. The molecule has 1 amide bonds. The molecule has 1 aliphatic heterocycles. The highest BCUT2D eigenvalue weighted by molar-refractivity contribution is 6.06. The number of carbonyl (C=O) groups excluding carboxylic acids is 1. The topological polar surface area (TPSA) is 70.8 Å². The van der Waals surface area contributed by atoms with E-state index in [1.807, 2.05) is 26.0 Å². The molecule has 3 rings (SSSR count). The number of carboxylic acids is 1. The van der Waals surface area contributed by atoms with E-state index in [-0.39, 0.29) is 11.8 Å². The maximum absolute atomic E-state index is 12.7. The zero-order valence-corrected chi connectivity index (χ0v) is 12.8. The van der Waals surface area contributed by atoms with Crippen LogP contribution in [0.4, 0.5) is 0 Å². The molecule has 1 fully saturated rings. The van der Waals surface area contributed by atoms with Gasteiger partial charge >= 0.3 is 5.97 Å². The Kier molecular flexibility index (Phi) is 3.64. The summed E-state index contributed by atoms with van der Waals surface area (Å²) in [7, 11) is 0. The average Bonchev–Trinajstić information content (AvgIpc) is 2.90. The Morgan fingerprint density at radius 3 is 2.45 bits per heavy atom. The molecule has 5 nitrogen and oxygen atoms in total. The van der Waals surface area contributed by atoms with Crippen LogP contribution < -0.4 is 0 Å². The third kappa shape index (κ3) is 2.47. The Morgan fingerprint density at radius 2 is 1.82 bits per heavy atom. The first-order valence-electron chi connectivity index (χ1n) is 7.48. The number of hydrogen-bond donors (Lipinski definition) is 1. The van der Waals surface area contributed by atoms with Crippen LogP contribution in [-0.2, 0) is 4.79 Å². The van der Waals surface area contributed by atoms with Crippen LogP contribution >= 0.6 is 0 Å². The van der Waals surface area contributed by atoms with Gasteiger partial charge in [0.2, 0.25) is 0 Å². The highest BCUT2D eigenvalue weighted by atomic mass is 16.4. The molecule has 1 N–H and O–H groups in total. The average molecular weight is 301 g/mol. The molecule has 2 aromatic rings. The van der Waals surface area contributed by atoms with E-state index in [2.05, 4.69) is 0 Å². The number of furan rings is 1. The minimum absolute atomic E-state index is 0.0779. The number of fused-ring (bicyclic) bond motifs is 1. The molecule has 0 radical (unpaired) electrons. The minimum Gasteiger partial charge on any atom is -0.481 e. The van der Waals surface area contributed by atoms with Gasteiger partial charge in [-0.2, -0.15) is 0 Å². The summed E-state index contributed by atoms with van der Waals surface area (Å²) in [5, 5.41) is 9.85. The van der Waals surface area contributed by atoms with E-state index in [9.17, 15) is 9.59 Å². The summed E-state index contributed by atoms with van der Waals surface area (Å²) >= 11 is 0. The second kappa shape index (κ2) is 5.48. The van der Waals surface area contributed by atoms with E-state index in [4.69, 9.17) is 9.52 Å². The number of carbonyl (C=O) groups is 2. The number of amides is 1. The number of likely N-dealkylation sites (tertiary alicyclic amines) is 1. The SMILES string of the molecule is Cc1cc2occ(C(=O)N3CCC(C(=O)O)CC3)c2cc1C. The molecular formula is C17H19NO4. The van der Waals surface area contributed by atoms with Crippen molar-refractivity contribution < 1.29 is 19.1 Å².